The maximum atomic E-state index is 4.06. The summed E-state index contributed by atoms with van der Waals surface area (Å²) in [5.41, 5.74) is 9.34. The summed E-state index contributed by atoms with van der Waals surface area (Å²) in [5.74, 6) is 0. The van der Waals surface area contributed by atoms with Gasteiger partial charge in [0.1, 0.15) is 0 Å². The van der Waals surface area contributed by atoms with Crippen molar-refractivity contribution < 1.29 is 0 Å². The maximum absolute atomic E-state index is 4.06. The van der Waals surface area contributed by atoms with Crippen molar-refractivity contribution in [1.82, 2.24) is 0 Å². The fourth-order valence-electron chi connectivity index (χ4n) is 8.98. The molecule has 0 amide bonds. The quantitative estimate of drug-likeness (QED) is 0.166. The van der Waals surface area contributed by atoms with Gasteiger partial charge in [-0.1, -0.05) is 140 Å². The van der Waals surface area contributed by atoms with Gasteiger partial charge < -0.3 is 10.6 Å². The first-order valence-corrected chi connectivity index (χ1v) is 20.6. The Labute approximate surface area is 331 Å². The van der Waals surface area contributed by atoms with Crippen molar-refractivity contribution in [3.63, 3.8) is 0 Å². The molecule has 56 heavy (non-hydrogen) atoms. The number of anilines is 4. The lowest BCUT2D eigenvalue weighted by molar-refractivity contribution is 1.57. The van der Waals surface area contributed by atoms with Crippen LogP contribution in [0.15, 0.2) is 182 Å². The van der Waals surface area contributed by atoms with Crippen molar-refractivity contribution in [1.29, 1.82) is 0 Å². The predicted molar refractivity (Wildman–Crippen MR) is 246 cm³/mol. The lowest BCUT2D eigenvalue weighted by atomic mass is 9.82. The van der Waals surface area contributed by atoms with Crippen molar-refractivity contribution in [2.45, 2.75) is 0 Å². The number of hydrogen-bond donors (Lipinski definition) is 2. The van der Waals surface area contributed by atoms with Crippen molar-refractivity contribution in [2.75, 3.05) is 10.6 Å². The summed E-state index contributed by atoms with van der Waals surface area (Å²) in [7, 11) is 0. The van der Waals surface area contributed by atoms with E-state index in [1.54, 1.807) is 0 Å². The number of hydrogen-bond acceptors (Lipinski definition) is 4. The Hall–Kier alpha value is -6.72. The number of thiophene rings is 2. The summed E-state index contributed by atoms with van der Waals surface area (Å²) in [5, 5.41) is 20.5. The molecule has 12 rings (SSSR count). The van der Waals surface area contributed by atoms with Crippen LogP contribution in [0, 0.1) is 0 Å². The van der Waals surface area contributed by atoms with E-state index in [1.165, 1.54) is 94.9 Å². The molecule has 0 fully saturated rings. The van der Waals surface area contributed by atoms with Crippen molar-refractivity contribution in [3.05, 3.63) is 182 Å². The number of rotatable bonds is 6. The lowest BCUT2D eigenvalue weighted by Gasteiger charge is -2.25. The Kier molecular flexibility index (Phi) is 7.00. The first-order valence-electron chi connectivity index (χ1n) is 19.0. The lowest BCUT2D eigenvalue weighted by Crippen LogP contribution is -2.00. The molecule has 0 aliphatic rings. The highest BCUT2D eigenvalue weighted by Gasteiger charge is 2.26. The Bertz CT molecular complexity index is 3470. The number of para-hydroxylation sites is 2. The minimum absolute atomic E-state index is 1.06. The molecule has 0 radical (unpaired) electrons. The van der Waals surface area contributed by atoms with E-state index in [-0.39, 0.29) is 0 Å². The molecule has 12 aromatic rings. The van der Waals surface area contributed by atoms with Gasteiger partial charge in [-0.25, -0.2) is 0 Å². The molecule has 2 nitrogen and oxygen atoms in total. The highest BCUT2D eigenvalue weighted by molar-refractivity contribution is 7.26. The molecule has 0 aliphatic heterocycles. The molecule has 0 saturated carbocycles. The monoisotopic (exact) mass is 748 g/mol. The van der Waals surface area contributed by atoms with Gasteiger partial charge in [-0.15, -0.1) is 22.7 Å². The average molecular weight is 749 g/mol. The Morgan fingerprint density at radius 3 is 1.50 bits per heavy atom. The van der Waals surface area contributed by atoms with Crippen LogP contribution in [0.25, 0.3) is 94.9 Å². The van der Waals surface area contributed by atoms with Crippen LogP contribution in [0.1, 0.15) is 0 Å². The van der Waals surface area contributed by atoms with Gasteiger partial charge in [0.05, 0.1) is 5.69 Å². The Morgan fingerprint density at radius 2 is 0.839 bits per heavy atom. The molecule has 0 spiro atoms. The molecular formula is C52H32N2S2. The molecular weight excluding hydrogens is 717 g/mol. The molecule has 0 unspecified atom stereocenters. The third kappa shape index (κ3) is 4.73. The Balaban J connectivity index is 1.28. The molecule has 0 aliphatic carbocycles. The standard InChI is InChI=1S/C52H32N2S2/c1-3-13-32(14-4-1)53-43-30-26-31-25-27-40-47-39(29-28-38(43)46(31)47)48(41-21-11-19-36-34-17-7-9-23-44(34)55-51(36)41)49(50(40)54-33-15-5-2-6-16-33)42-22-12-20-37-35-18-8-10-24-45(35)56-52(37)42/h1-30,53-54H. The SMILES string of the molecule is c1ccc(Nc2ccc3ccc4c(Nc5ccccc5)c(-c5cccc6c5sc5ccccc56)c(-c5cccc6c5sc5ccccc56)c5ccc2c3c45)cc1. The van der Waals surface area contributed by atoms with Crippen LogP contribution in [0.4, 0.5) is 22.7 Å². The smallest absolute Gasteiger partial charge is 0.0551 e. The zero-order valence-corrected chi connectivity index (χ0v) is 31.8. The van der Waals surface area contributed by atoms with Gasteiger partial charge in [0.15, 0.2) is 0 Å². The van der Waals surface area contributed by atoms with E-state index in [1.807, 2.05) is 22.7 Å². The van der Waals surface area contributed by atoms with Crippen LogP contribution in [0.2, 0.25) is 0 Å². The van der Waals surface area contributed by atoms with Gasteiger partial charge in [0.2, 0.25) is 0 Å². The first-order chi connectivity index (χ1) is 27.8. The summed E-state index contributed by atoms with van der Waals surface area (Å²) in [6.07, 6.45) is 0. The van der Waals surface area contributed by atoms with Gasteiger partial charge in [0.25, 0.3) is 0 Å². The second-order valence-electron chi connectivity index (χ2n) is 14.5. The van der Waals surface area contributed by atoms with Gasteiger partial charge in [-0.3, -0.25) is 0 Å². The van der Waals surface area contributed by atoms with Gasteiger partial charge in [-0.2, -0.15) is 0 Å². The molecule has 262 valence electrons. The first kappa shape index (κ1) is 31.6. The zero-order valence-electron chi connectivity index (χ0n) is 30.1. The summed E-state index contributed by atoms with van der Waals surface area (Å²) in [6.45, 7) is 0. The van der Waals surface area contributed by atoms with Crippen LogP contribution in [0.5, 0.6) is 0 Å². The highest BCUT2D eigenvalue weighted by Crippen LogP contribution is 2.55. The molecule has 0 bridgehead atoms. The topological polar surface area (TPSA) is 24.1 Å². The van der Waals surface area contributed by atoms with E-state index in [9.17, 15) is 0 Å². The number of fused-ring (bicyclic) bond motifs is 6. The third-order valence-electron chi connectivity index (χ3n) is 11.4. The summed E-state index contributed by atoms with van der Waals surface area (Å²) < 4.78 is 5.22. The van der Waals surface area contributed by atoms with Crippen LogP contribution in [-0.4, -0.2) is 0 Å². The van der Waals surface area contributed by atoms with E-state index in [0.717, 1.165) is 22.7 Å². The molecule has 0 saturated heterocycles. The van der Waals surface area contributed by atoms with E-state index in [2.05, 4.69) is 193 Å². The second-order valence-corrected chi connectivity index (χ2v) is 16.6. The van der Waals surface area contributed by atoms with E-state index < -0.39 is 0 Å². The molecule has 2 N–H and O–H groups in total. The molecule has 4 heteroatoms. The van der Waals surface area contributed by atoms with Crippen molar-refractivity contribution in [2.24, 2.45) is 0 Å². The van der Waals surface area contributed by atoms with E-state index >= 15 is 0 Å². The summed E-state index contributed by atoms with van der Waals surface area (Å²) >= 11 is 3.79. The van der Waals surface area contributed by atoms with Gasteiger partial charge in [-0.05, 0) is 58.6 Å². The zero-order chi connectivity index (χ0) is 36.7. The number of nitrogens with one attached hydrogen (secondary N) is 2. The van der Waals surface area contributed by atoms with E-state index in [4.69, 9.17) is 0 Å². The largest absolute Gasteiger partial charge is 0.355 e. The fraction of sp³-hybridized carbons (Fsp3) is 0. The molecule has 10 aromatic carbocycles. The van der Waals surface area contributed by atoms with Crippen molar-refractivity contribution >= 4 is 118 Å². The van der Waals surface area contributed by atoms with Crippen LogP contribution in [-0.2, 0) is 0 Å². The second kappa shape index (κ2) is 12.4. The van der Waals surface area contributed by atoms with Crippen LogP contribution in [0.3, 0.4) is 0 Å². The fourth-order valence-corrected chi connectivity index (χ4v) is 11.4. The third-order valence-corrected chi connectivity index (χ3v) is 13.8. The predicted octanol–water partition coefficient (Wildman–Crippen LogP) is 16.1. The van der Waals surface area contributed by atoms with Crippen LogP contribution >= 0.6 is 22.7 Å². The molecule has 2 heterocycles. The van der Waals surface area contributed by atoms with Gasteiger partial charge >= 0.3 is 0 Å². The molecule has 0 atom stereocenters. The van der Waals surface area contributed by atoms with E-state index in [0.29, 0.717) is 0 Å². The minimum Gasteiger partial charge on any atom is -0.355 e. The Morgan fingerprint density at radius 1 is 0.321 bits per heavy atom. The number of benzene rings is 10. The maximum Gasteiger partial charge on any atom is 0.0551 e. The normalized spacial score (nSPS) is 11.9. The highest BCUT2D eigenvalue weighted by atomic mass is 32.1. The molecule has 2 aromatic heterocycles. The van der Waals surface area contributed by atoms with Gasteiger partial charge in [0, 0.05) is 95.8 Å². The van der Waals surface area contributed by atoms with Crippen molar-refractivity contribution in [3.8, 4) is 22.3 Å². The minimum atomic E-state index is 1.06. The average Bonchev–Trinajstić information content (AvgIpc) is 3.83. The summed E-state index contributed by atoms with van der Waals surface area (Å²) in [6, 6.07) is 66.5. The van der Waals surface area contributed by atoms with Crippen LogP contribution < -0.4 is 10.6 Å². The summed E-state index contributed by atoms with van der Waals surface area (Å²) in [4.78, 5) is 0.